The molecule has 0 bridgehead atoms. The summed E-state index contributed by atoms with van der Waals surface area (Å²) in [4.78, 5) is 13.1. The molecule has 0 saturated heterocycles. The highest BCUT2D eigenvalue weighted by atomic mass is 32.2. The molecule has 0 radical (unpaired) electrons. The van der Waals surface area contributed by atoms with E-state index in [0.29, 0.717) is 12.2 Å². The van der Waals surface area contributed by atoms with Gasteiger partial charge in [-0.05, 0) is 54.6 Å². The minimum atomic E-state index is -3.63. The van der Waals surface area contributed by atoms with Gasteiger partial charge >= 0.3 is 0 Å². The maximum Gasteiger partial charge on any atom is 0.243 e. The SMILES string of the molecule is CSc1ccc(CN(C)S(=O)(=O)c2ccc3c(c2)[C@@H](C)C(=O)N3)cc1. The van der Waals surface area contributed by atoms with Gasteiger partial charge in [0.05, 0.1) is 10.8 Å². The van der Waals surface area contributed by atoms with Gasteiger partial charge in [0.15, 0.2) is 0 Å². The highest BCUT2D eigenvalue weighted by molar-refractivity contribution is 7.98. The van der Waals surface area contributed by atoms with Gasteiger partial charge in [0.25, 0.3) is 0 Å². The molecule has 132 valence electrons. The van der Waals surface area contributed by atoms with Crippen LogP contribution in [0, 0.1) is 0 Å². The lowest BCUT2D eigenvalue weighted by Crippen LogP contribution is -2.26. The minimum Gasteiger partial charge on any atom is -0.325 e. The first-order valence-corrected chi connectivity index (χ1v) is 10.5. The fraction of sp³-hybridized carbons (Fsp3) is 0.278. The number of hydrogen-bond acceptors (Lipinski definition) is 4. The number of amides is 1. The van der Waals surface area contributed by atoms with E-state index in [9.17, 15) is 13.2 Å². The molecule has 0 fully saturated rings. The first-order chi connectivity index (χ1) is 11.8. The van der Waals surface area contributed by atoms with Crippen LogP contribution in [-0.2, 0) is 21.4 Å². The van der Waals surface area contributed by atoms with Crippen LogP contribution in [0.4, 0.5) is 5.69 Å². The Hall–Kier alpha value is -1.83. The maximum absolute atomic E-state index is 12.9. The van der Waals surface area contributed by atoms with Crippen molar-refractivity contribution >= 4 is 33.4 Å². The summed E-state index contributed by atoms with van der Waals surface area (Å²) in [6.45, 7) is 2.06. The second-order valence-electron chi connectivity index (χ2n) is 6.07. The summed E-state index contributed by atoms with van der Waals surface area (Å²) in [6, 6.07) is 12.6. The third-order valence-electron chi connectivity index (χ3n) is 4.41. The molecule has 25 heavy (non-hydrogen) atoms. The van der Waals surface area contributed by atoms with E-state index in [4.69, 9.17) is 0 Å². The fourth-order valence-electron chi connectivity index (χ4n) is 2.81. The molecule has 1 aliphatic heterocycles. The average Bonchev–Trinajstić information content (AvgIpc) is 2.89. The lowest BCUT2D eigenvalue weighted by Gasteiger charge is -2.18. The van der Waals surface area contributed by atoms with Crippen LogP contribution in [-0.4, -0.2) is 31.9 Å². The summed E-state index contributed by atoms with van der Waals surface area (Å²) >= 11 is 1.65. The summed E-state index contributed by atoms with van der Waals surface area (Å²) in [5, 5.41) is 2.76. The molecule has 5 nitrogen and oxygen atoms in total. The van der Waals surface area contributed by atoms with Crippen LogP contribution in [0.1, 0.15) is 24.0 Å². The highest BCUT2D eigenvalue weighted by Gasteiger charge is 2.29. The zero-order chi connectivity index (χ0) is 18.2. The first kappa shape index (κ1) is 18.0. The first-order valence-electron chi connectivity index (χ1n) is 7.87. The van der Waals surface area contributed by atoms with Crippen LogP contribution in [0.15, 0.2) is 52.3 Å². The lowest BCUT2D eigenvalue weighted by atomic mass is 10.0. The number of hydrogen-bond donors (Lipinski definition) is 1. The monoisotopic (exact) mass is 376 g/mol. The standard InChI is InChI=1S/C18H20N2O3S2/c1-12-16-10-15(8-9-17(16)19-18(12)21)25(22,23)20(2)11-13-4-6-14(24-3)7-5-13/h4-10,12H,11H2,1-3H3,(H,19,21)/t12-/m1/s1. The molecule has 2 aromatic rings. The largest absolute Gasteiger partial charge is 0.325 e. The lowest BCUT2D eigenvalue weighted by molar-refractivity contribution is -0.116. The van der Waals surface area contributed by atoms with Gasteiger partial charge in [0.2, 0.25) is 15.9 Å². The quantitative estimate of drug-likeness (QED) is 0.813. The number of rotatable bonds is 5. The summed E-state index contributed by atoms with van der Waals surface area (Å²) < 4.78 is 27.1. The fourth-order valence-corrected chi connectivity index (χ4v) is 4.41. The van der Waals surface area contributed by atoms with Gasteiger partial charge in [0.1, 0.15) is 0 Å². The van der Waals surface area contributed by atoms with Gasteiger partial charge in [-0.3, -0.25) is 4.79 Å². The van der Waals surface area contributed by atoms with E-state index in [-0.39, 0.29) is 16.7 Å². The number of nitrogens with one attached hydrogen (secondary N) is 1. The number of fused-ring (bicyclic) bond motifs is 1. The zero-order valence-corrected chi connectivity index (χ0v) is 15.9. The Morgan fingerprint density at radius 1 is 1.16 bits per heavy atom. The molecule has 1 N–H and O–H groups in total. The Morgan fingerprint density at radius 3 is 2.48 bits per heavy atom. The van der Waals surface area contributed by atoms with Gasteiger partial charge in [-0.1, -0.05) is 12.1 Å². The molecule has 0 aliphatic carbocycles. The number of thioether (sulfide) groups is 1. The summed E-state index contributed by atoms with van der Waals surface area (Å²) in [7, 11) is -2.06. The molecule has 3 rings (SSSR count). The minimum absolute atomic E-state index is 0.105. The molecule has 0 unspecified atom stereocenters. The van der Waals surface area contributed by atoms with Crippen LogP contribution < -0.4 is 5.32 Å². The van der Waals surface area contributed by atoms with Crippen molar-refractivity contribution in [3.63, 3.8) is 0 Å². The summed E-state index contributed by atoms with van der Waals surface area (Å²) in [5.74, 6) is -0.443. The normalized spacial score (nSPS) is 16.8. The van der Waals surface area contributed by atoms with Crippen molar-refractivity contribution in [3.8, 4) is 0 Å². The van der Waals surface area contributed by atoms with Crippen molar-refractivity contribution in [1.82, 2.24) is 4.31 Å². The van der Waals surface area contributed by atoms with E-state index in [2.05, 4.69) is 5.32 Å². The van der Waals surface area contributed by atoms with Crippen LogP contribution in [0.25, 0.3) is 0 Å². The molecule has 1 atom stereocenters. The summed E-state index contributed by atoms with van der Waals surface area (Å²) in [5.41, 5.74) is 2.34. The van der Waals surface area contributed by atoms with Gasteiger partial charge < -0.3 is 5.32 Å². The predicted octanol–water partition coefficient (Wildman–Crippen LogP) is 3.28. The number of sulfonamides is 1. The van der Waals surface area contributed by atoms with E-state index < -0.39 is 10.0 Å². The van der Waals surface area contributed by atoms with Crippen molar-refractivity contribution in [2.75, 3.05) is 18.6 Å². The van der Waals surface area contributed by atoms with Gasteiger partial charge in [0, 0.05) is 24.2 Å². The second kappa shape index (κ2) is 6.82. The van der Waals surface area contributed by atoms with Crippen molar-refractivity contribution in [3.05, 3.63) is 53.6 Å². The molecule has 2 aromatic carbocycles. The van der Waals surface area contributed by atoms with Crippen LogP contribution in [0.2, 0.25) is 0 Å². The molecule has 1 heterocycles. The number of anilines is 1. The average molecular weight is 377 g/mol. The van der Waals surface area contributed by atoms with Crippen LogP contribution in [0.5, 0.6) is 0 Å². The molecule has 0 saturated carbocycles. The molecular formula is C18H20N2O3S2. The zero-order valence-electron chi connectivity index (χ0n) is 14.3. The third kappa shape index (κ3) is 3.44. The topological polar surface area (TPSA) is 66.5 Å². The summed E-state index contributed by atoms with van der Waals surface area (Å²) in [6.07, 6.45) is 2.00. The molecule has 0 spiro atoms. The number of benzene rings is 2. The number of carbonyl (C=O) groups excluding carboxylic acids is 1. The van der Waals surface area contributed by atoms with Crippen molar-refractivity contribution in [1.29, 1.82) is 0 Å². The molecule has 0 aromatic heterocycles. The van der Waals surface area contributed by atoms with E-state index in [1.165, 1.54) is 4.31 Å². The van der Waals surface area contributed by atoms with E-state index >= 15 is 0 Å². The predicted molar refractivity (Wildman–Crippen MR) is 100 cm³/mol. The maximum atomic E-state index is 12.9. The second-order valence-corrected chi connectivity index (χ2v) is 8.99. The van der Waals surface area contributed by atoms with Crippen LogP contribution >= 0.6 is 11.8 Å². The Balaban J connectivity index is 1.84. The molecule has 1 aliphatic rings. The Morgan fingerprint density at radius 2 is 1.84 bits per heavy atom. The molecule has 7 heteroatoms. The van der Waals surface area contributed by atoms with Crippen molar-refractivity contribution < 1.29 is 13.2 Å². The molecular weight excluding hydrogens is 356 g/mol. The highest BCUT2D eigenvalue weighted by Crippen LogP contribution is 2.34. The van der Waals surface area contributed by atoms with Crippen molar-refractivity contribution in [2.24, 2.45) is 0 Å². The Bertz CT molecular complexity index is 908. The molecule has 1 amide bonds. The van der Waals surface area contributed by atoms with E-state index in [1.54, 1.807) is 43.9 Å². The number of nitrogens with zero attached hydrogens (tertiary/aromatic N) is 1. The van der Waals surface area contributed by atoms with Gasteiger partial charge in [-0.2, -0.15) is 4.31 Å². The Kier molecular flexibility index (Phi) is 4.90. The van der Waals surface area contributed by atoms with Crippen LogP contribution in [0.3, 0.4) is 0 Å². The third-order valence-corrected chi connectivity index (χ3v) is 6.96. The van der Waals surface area contributed by atoms with E-state index in [0.717, 1.165) is 16.0 Å². The Labute approximate surface area is 152 Å². The number of carbonyl (C=O) groups is 1. The van der Waals surface area contributed by atoms with Crippen molar-refractivity contribution in [2.45, 2.75) is 29.2 Å². The van der Waals surface area contributed by atoms with Gasteiger partial charge in [-0.25, -0.2) is 8.42 Å². The van der Waals surface area contributed by atoms with Gasteiger partial charge in [-0.15, -0.1) is 11.8 Å². The smallest absolute Gasteiger partial charge is 0.243 e. The van der Waals surface area contributed by atoms with E-state index in [1.807, 2.05) is 30.5 Å².